The highest BCUT2D eigenvalue weighted by atomic mass is 19.1. The third kappa shape index (κ3) is 1.68. The van der Waals surface area contributed by atoms with E-state index in [1.165, 1.54) is 0 Å². The number of carbonyl (C=O) groups is 1. The van der Waals surface area contributed by atoms with Gasteiger partial charge in [0.2, 0.25) is 5.67 Å². The highest BCUT2D eigenvalue weighted by Crippen LogP contribution is 2.31. The van der Waals surface area contributed by atoms with Crippen molar-refractivity contribution in [1.29, 1.82) is 0 Å². The lowest BCUT2D eigenvalue weighted by Crippen LogP contribution is -2.40. The van der Waals surface area contributed by atoms with Crippen molar-refractivity contribution in [2.45, 2.75) is 37.5 Å². The maximum atomic E-state index is 13.2. The summed E-state index contributed by atoms with van der Waals surface area (Å²) >= 11 is 0. The molecule has 0 radical (unpaired) electrons. The number of hydrogen-bond acceptors (Lipinski definition) is 2. The van der Waals surface area contributed by atoms with Crippen LogP contribution in [0.3, 0.4) is 0 Å². The quantitative estimate of drug-likeness (QED) is 0.597. The number of halogens is 1. The lowest BCUT2D eigenvalue weighted by atomic mass is 9.85. The number of carboxylic acids is 1. The largest absolute Gasteiger partial charge is 0.479 e. The molecule has 2 N–H and O–H groups in total. The highest BCUT2D eigenvalue weighted by Gasteiger charge is 2.42. The van der Waals surface area contributed by atoms with Crippen LogP contribution in [0.4, 0.5) is 4.39 Å². The number of hydrogen-bond donors (Lipinski definition) is 2. The fourth-order valence-corrected chi connectivity index (χ4v) is 1.39. The molecule has 1 aliphatic carbocycles. The predicted octanol–water partition coefficient (Wildman–Crippen LogP) is 0.714. The van der Waals surface area contributed by atoms with Gasteiger partial charge in [-0.2, -0.15) is 0 Å². The minimum atomic E-state index is -2.18. The van der Waals surface area contributed by atoms with Crippen molar-refractivity contribution in [2.24, 2.45) is 0 Å². The molecule has 3 nitrogen and oxygen atoms in total. The lowest BCUT2D eigenvalue weighted by Gasteiger charge is -2.28. The van der Waals surface area contributed by atoms with Crippen LogP contribution in [0.5, 0.6) is 0 Å². The molecular formula is C7H11FO3. The van der Waals surface area contributed by atoms with Gasteiger partial charge in [-0.25, -0.2) is 9.18 Å². The Bertz CT molecular complexity index is 171. The normalized spacial score (nSPS) is 38.5. The first-order chi connectivity index (χ1) is 5.04. The van der Waals surface area contributed by atoms with Crippen LogP contribution >= 0.6 is 0 Å². The Morgan fingerprint density at radius 2 is 2.27 bits per heavy atom. The summed E-state index contributed by atoms with van der Waals surface area (Å²) in [6.07, 6.45) is -0.0603. The van der Waals surface area contributed by atoms with Gasteiger partial charge in [-0.15, -0.1) is 0 Å². The van der Waals surface area contributed by atoms with Gasteiger partial charge in [0.1, 0.15) is 0 Å². The number of alkyl halides is 1. The molecular weight excluding hydrogens is 151 g/mol. The van der Waals surface area contributed by atoms with E-state index in [9.17, 15) is 9.18 Å². The first-order valence-electron chi connectivity index (χ1n) is 3.65. The Labute approximate surface area is 63.8 Å². The van der Waals surface area contributed by atoms with E-state index in [1.807, 2.05) is 0 Å². The zero-order chi connectivity index (χ0) is 8.48. The summed E-state index contributed by atoms with van der Waals surface area (Å²) in [7, 11) is 0. The van der Waals surface area contributed by atoms with Gasteiger partial charge in [-0.3, -0.25) is 0 Å². The average molecular weight is 162 g/mol. The molecule has 2 atom stereocenters. The highest BCUT2D eigenvalue weighted by molar-refractivity contribution is 5.77. The van der Waals surface area contributed by atoms with Gasteiger partial charge < -0.3 is 10.2 Å². The van der Waals surface area contributed by atoms with Gasteiger partial charge in [-0.05, 0) is 19.3 Å². The van der Waals surface area contributed by atoms with E-state index in [2.05, 4.69) is 0 Å². The summed E-state index contributed by atoms with van der Waals surface area (Å²) in [6.45, 7) is 0. The molecule has 1 fully saturated rings. The molecule has 0 heterocycles. The van der Waals surface area contributed by atoms with Gasteiger partial charge in [0.15, 0.2) is 0 Å². The molecule has 0 spiro atoms. The maximum Gasteiger partial charge on any atom is 0.341 e. The van der Waals surface area contributed by atoms with Crippen molar-refractivity contribution in [2.75, 3.05) is 0 Å². The molecule has 11 heavy (non-hydrogen) atoms. The monoisotopic (exact) mass is 162 g/mol. The van der Waals surface area contributed by atoms with E-state index in [1.54, 1.807) is 0 Å². The Kier molecular flexibility index (Phi) is 2.13. The molecule has 0 unspecified atom stereocenters. The van der Waals surface area contributed by atoms with E-state index < -0.39 is 17.7 Å². The SMILES string of the molecule is O=C(O)[C@]1(F)CCC[C@@H](O)C1. The molecule has 1 aliphatic rings. The fraction of sp³-hybridized carbons (Fsp3) is 0.857. The summed E-state index contributed by atoms with van der Waals surface area (Å²) in [5, 5.41) is 17.4. The lowest BCUT2D eigenvalue weighted by molar-refractivity contribution is -0.155. The second kappa shape index (κ2) is 2.77. The second-order valence-corrected chi connectivity index (χ2v) is 3.02. The number of rotatable bonds is 1. The van der Waals surface area contributed by atoms with Crippen LogP contribution in [0, 0.1) is 0 Å². The molecule has 0 aromatic carbocycles. The van der Waals surface area contributed by atoms with Crippen LogP contribution in [-0.4, -0.2) is 28.0 Å². The van der Waals surface area contributed by atoms with Gasteiger partial charge in [0, 0.05) is 6.42 Å². The topological polar surface area (TPSA) is 57.5 Å². The summed E-state index contributed by atoms with van der Waals surface area (Å²) < 4.78 is 13.2. The third-order valence-corrected chi connectivity index (χ3v) is 2.05. The van der Waals surface area contributed by atoms with Crippen LogP contribution in [-0.2, 0) is 4.79 Å². The molecule has 0 saturated heterocycles. The molecule has 64 valence electrons. The van der Waals surface area contributed by atoms with Crippen molar-refractivity contribution >= 4 is 5.97 Å². The smallest absolute Gasteiger partial charge is 0.341 e. The van der Waals surface area contributed by atoms with Crippen LogP contribution in [0.2, 0.25) is 0 Å². The van der Waals surface area contributed by atoms with Crippen molar-refractivity contribution in [3.8, 4) is 0 Å². The number of aliphatic hydroxyl groups is 1. The van der Waals surface area contributed by atoms with Crippen LogP contribution < -0.4 is 0 Å². The van der Waals surface area contributed by atoms with Gasteiger partial charge >= 0.3 is 5.97 Å². The van der Waals surface area contributed by atoms with Crippen LogP contribution in [0.15, 0.2) is 0 Å². The minimum absolute atomic E-state index is 0.0272. The van der Waals surface area contributed by atoms with E-state index in [0.29, 0.717) is 12.8 Å². The zero-order valence-corrected chi connectivity index (χ0v) is 6.09. The summed E-state index contributed by atoms with van der Waals surface area (Å²) in [4.78, 5) is 10.3. The first kappa shape index (κ1) is 8.46. The number of carboxylic acid groups (broad SMARTS) is 1. The van der Waals surface area contributed by atoms with E-state index in [-0.39, 0.29) is 12.8 Å². The zero-order valence-electron chi connectivity index (χ0n) is 6.09. The van der Waals surface area contributed by atoms with E-state index in [4.69, 9.17) is 10.2 Å². The van der Waals surface area contributed by atoms with Crippen LogP contribution in [0.1, 0.15) is 25.7 Å². The Hall–Kier alpha value is -0.640. The van der Waals surface area contributed by atoms with Gasteiger partial charge in [-0.1, -0.05) is 0 Å². The maximum absolute atomic E-state index is 13.2. The summed E-state index contributed by atoms with van der Waals surface area (Å²) in [6, 6.07) is 0. The molecule has 0 aromatic heterocycles. The van der Waals surface area contributed by atoms with Gasteiger partial charge in [0.05, 0.1) is 6.10 Å². The Morgan fingerprint density at radius 3 is 2.64 bits per heavy atom. The van der Waals surface area contributed by atoms with Crippen molar-refractivity contribution < 1.29 is 19.4 Å². The van der Waals surface area contributed by atoms with Crippen LogP contribution in [0.25, 0.3) is 0 Å². The fourth-order valence-electron chi connectivity index (χ4n) is 1.39. The third-order valence-electron chi connectivity index (χ3n) is 2.05. The molecule has 0 aromatic rings. The van der Waals surface area contributed by atoms with Crippen molar-refractivity contribution in [1.82, 2.24) is 0 Å². The Morgan fingerprint density at radius 1 is 1.64 bits per heavy atom. The average Bonchev–Trinajstić information content (AvgIpc) is 1.86. The van der Waals surface area contributed by atoms with E-state index in [0.717, 1.165) is 0 Å². The molecule has 4 heteroatoms. The number of aliphatic hydroxyl groups excluding tert-OH is 1. The van der Waals surface area contributed by atoms with E-state index >= 15 is 0 Å². The molecule has 1 saturated carbocycles. The molecule has 1 rings (SSSR count). The predicted molar refractivity (Wildman–Crippen MR) is 35.9 cm³/mol. The first-order valence-corrected chi connectivity index (χ1v) is 3.65. The Balaban J connectivity index is 2.63. The summed E-state index contributed by atoms with van der Waals surface area (Å²) in [5.74, 6) is -1.45. The molecule has 0 amide bonds. The summed E-state index contributed by atoms with van der Waals surface area (Å²) in [5.41, 5.74) is -2.18. The van der Waals surface area contributed by atoms with Crippen molar-refractivity contribution in [3.05, 3.63) is 0 Å². The molecule has 0 bridgehead atoms. The standard InChI is InChI=1S/C7H11FO3/c8-7(6(10)11)3-1-2-5(9)4-7/h5,9H,1-4H2,(H,10,11)/t5-,7+/m1/s1. The second-order valence-electron chi connectivity index (χ2n) is 3.02. The number of aliphatic carboxylic acids is 1. The van der Waals surface area contributed by atoms with Crippen molar-refractivity contribution in [3.63, 3.8) is 0 Å². The minimum Gasteiger partial charge on any atom is -0.479 e. The molecule has 0 aliphatic heterocycles. The van der Waals surface area contributed by atoms with Gasteiger partial charge in [0.25, 0.3) is 0 Å².